The summed E-state index contributed by atoms with van der Waals surface area (Å²) in [5.74, 6) is -0.402. The number of carbonyl (C=O) groups is 2. The van der Waals surface area contributed by atoms with Gasteiger partial charge in [0.15, 0.2) is 0 Å². The van der Waals surface area contributed by atoms with E-state index in [4.69, 9.17) is 0 Å². The first-order chi connectivity index (χ1) is 8.63. The normalized spacial score (nSPS) is 11.7. The molecule has 5 nitrogen and oxygen atoms in total. The third-order valence-corrected chi connectivity index (χ3v) is 2.59. The highest BCUT2D eigenvalue weighted by Gasteiger charge is 2.07. The molecule has 1 aromatic rings. The molecule has 18 heavy (non-hydrogen) atoms. The van der Waals surface area contributed by atoms with Crippen molar-refractivity contribution < 1.29 is 9.59 Å². The number of hydrogen-bond donors (Lipinski definition) is 3. The predicted octanol–water partition coefficient (Wildman–Crippen LogP) is 0.199. The summed E-state index contributed by atoms with van der Waals surface area (Å²) in [6.45, 7) is 2.19. The van der Waals surface area contributed by atoms with E-state index in [0.717, 1.165) is 5.56 Å². The van der Waals surface area contributed by atoms with Crippen molar-refractivity contribution in [3.05, 3.63) is 35.9 Å². The van der Waals surface area contributed by atoms with Crippen LogP contribution in [-0.2, 0) is 9.59 Å². The average Bonchev–Trinajstić information content (AvgIpc) is 2.42. The van der Waals surface area contributed by atoms with Crippen molar-refractivity contribution in [3.63, 3.8) is 0 Å². The largest absolute Gasteiger partial charge is 0.358 e. The number of nitrogens with one attached hydrogen (secondary N) is 3. The summed E-state index contributed by atoms with van der Waals surface area (Å²) in [4.78, 5) is 22.4. The Hall–Kier alpha value is -1.88. The number of hydrogen-bond acceptors (Lipinski definition) is 3. The molecule has 98 valence electrons. The summed E-state index contributed by atoms with van der Waals surface area (Å²) in [5.41, 5.74) is 1.12. The molecule has 0 bridgehead atoms. The third kappa shape index (κ3) is 4.97. The molecule has 0 aliphatic heterocycles. The molecule has 0 spiro atoms. The van der Waals surface area contributed by atoms with Crippen LogP contribution in [0.3, 0.4) is 0 Å². The molecule has 0 aliphatic rings. The Bertz CT molecular complexity index is 392. The quantitative estimate of drug-likeness (QED) is 0.674. The van der Waals surface area contributed by atoms with Gasteiger partial charge in [0.05, 0.1) is 13.1 Å². The molecule has 1 aromatic carbocycles. The summed E-state index contributed by atoms with van der Waals surface area (Å²) in [6, 6.07) is 9.96. The molecule has 5 heteroatoms. The molecule has 0 aromatic heterocycles. The van der Waals surface area contributed by atoms with Crippen molar-refractivity contribution in [2.75, 3.05) is 20.1 Å². The van der Waals surface area contributed by atoms with Crippen LogP contribution in [0.4, 0.5) is 0 Å². The Kier molecular flexibility index (Phi) is 5.87. The smallest absolute Gasteiger partial charge is 0.239 e. The Labute approximate surface area is 107 Å². The van der Waals surface area contributed by atoms with Gasteiger partial charge in [-0.25, -0.2) is 0 Å². The summed E-state index contributed by atoms with van der Waals surface area (Å²) in [5, 5.41) is 8.06. The average molecular weight is 249 g/mol. The van der Waals surface area contributed by atoms with Crippen LogP contribution in [0, 0.1) is 0 Å². The van der Waals surface area contributed by atoms with E-state index in [1.54, 1.807) is 0 Å². The lowest BCUT2D eigenvalue weighted by Gasteiger charge is -2.13. The molecule has 0 radical (unpaired) electrons. The van der Waals surface area contributed by atoms with Crippen LogP contribution in [0.5, 0.6) is 0 Å². The third-order valence-electron chi connectivity index (χ3n) is 2.59. The van der Waals surface area contributed by atoms with Gasteiger partial charge < -0.3 is 16.0 Å². The number of likely N-dealkylation sites (N-methyl/N-ethyl adjacent to an activating group) is 1. The van der Waals surface area contributed by atoms with Crippen LogP contribution >= 0.6 is 0 Å². The maximum Gasteiger partial charge on any atom is 0.239 e. The number of rotatable bonds is 6. The highest BCUT2D eigenvalue weighted by Crippen LogP contribution is 2.10. The van der Waals surface area contributed by atoms with Crippen LogP contribution in [0.1, 0.15) is 18.5 Å². The molecule has 0 heterocycles. The van der Waals surface area contributed by atoms with E-state index in [1.807, 2.05) is 37.3 Å². The van der Waals surface area contributed by atoms with Gasteiger partial charge >= 0.3 is 0 Å². The van der Waals surface area contributed by atoms with Crippen LogP contribution in [0.2, 0.25) is 0 Å². The van der Waals surface area contributed by atoms with Crippen molar-refractivity contribution in [1.82, 2.24) is 16.0 Å². The van der Waals surface area contributed by atoms with Crippen molar-refractivity contribution >= 4 is 11.8 Å². The first kappa shape index (κ1) is 14.2. The Morgan fingerprint density at radius 1 is 1.11 bits per heavy atom. The Morgan fingerprint density at radius 3 is 2.39 bits per heavy atom. The first-order valence-electron chi connectivity index (χ1n) is 5.89. The van der Waals surface area contributed by atoms with E-state index in [-0.39, 0.29) is 30.9 Å². The minimum Gasteiger partial charge on any atom is -0.358 e. The van der Waals surface area contributed by atoms with Gasteiger partial charge in [0.2, 0.25) is 11.8 Å². The monoisotopic (exact) mass is 249 g/mol. The van der Waals surface area contributed by atoms with Gasteiger partial charge in [0.25, 0.3) is 0 Å². The van der Waals surface area contributed by atoms with Gasteiger partial charge in [0.1, 0.15) is 0 Å². The van der Waals surface area contributed by atoms with Gasteiger partial charge in [-0.15, -0.1) is 0 Å². The number of benzene rings is 1. The van der Waals surface area contributed by atoms with Gasteiger partial charge in [-0.2, -0.15) is 0 Å². The Balaban J connectivity index is 2.28. The second kappa shape index (κ2) is 7.45. The fourth-order valence-corrected chi connectivity index (χ4v) is 1.44. The van der Waals surface area contributed by atoms with Crippen molar-refractivity contribution in [3.8, 4) is 0 Å². The summed E-state index contributed by atoms with van der Waals surface area (Å²) in [6.07, 6.45) is 0. The molecule has 2 amide bonds. The van der Waals surface area contributed by atoms with E-state index in [9.17, 15) is 9.59 Å². The van der Waals surface area contributed by atoms with E-state index in [0.29, 0.717) is 0 Å². The predicted molar refractivity (Wildman–Crippen MR) is 69.9 cm³/mol. The van der Waals surface area contributed by atoms with Gasteiger partial charge in [-0.05, 0) is 12.5 Å². The maximum absolute atomic E-state index is 11.4. The zero-order chi connectivity index (χ0) is 13.4. The van der Waals surface area contributed by atoms with Crippen molar-refractivity contribution in [2.24, 2.45) is 0 Å². The molecule has 0 fully saturated rings. The zero-order valence-electron chi connectivity index (χ0n) is 10.7. The first-order valence-corrected chi connectivity index (χ1v) is 5.89. The van der Waals surface area contributed by atoms with Crippen molar-refractivity contribution in [2.45, 2.75) is 13.0 Å². The van der Waals surface area contributed by atoms with Gasteiger partial charge in [-0.1, -0.05) is 30.3 Å². The van der Waals surface area contributed by atoms with E-state index >= 15 is 0 Å². The SMILES string of the molecule is CNC(=O)CNC(=O)CN[C@@H](C)c1ccccc1. The lowest BCUT2D eigenvalue weighted by molar-refractivity contribution is -0.125. The standard InChI is InChI=1S/C13H19N3O2/c1-10(11-6-4-3-5-7-11)15-9-13(18)16-8-12(17)14-2/h3-7,10,15H,8-9H2,1-2H3,(H,14,17)(H,16,18)/t10-/m0/s1. The molecule has 1 rings (SSSR count). The Morgan fingerprint density at radius 2 is 1.78 bits per heavy atom. The summed E-state index contributed by atoms with van der Waals surface area (Å²) in [7, 11) is 1.53. The summed E-state index contributed by atoms with van der Waals surface area (Å²) < 4.78 is 0. The molecule has 0 aliphatic carbocycles. The second-order valence-corrected chi connectivity index (χ2v) is 3.96. The lowest BCUT2D eigenvalue weighted by Crippen LogP contribution is -2.40. The fraction of sp³-hybridized carbons (Fsp3) is 0.385. The van der Waals surface area contributed by atoms with Crippen LogP contribution in [0.15, 0.2) is 30.3 Å². The van der Waals surface area contributed by atoms with Crippen LogP contribution in [-0.4, -0.2) is 32.0 Å². The number of amides is 2. The van der Waals surface area contributed by atoms with Crippen LogP contribution in [0.25, 0.3) is 0 Å². The molecule has 0 saturated carbocycles. The van der Waals surface area contributed by atoms with E-state index in [1.165, 1.54) is 7.05 Å². The molecular formula is C13H19N3O2. The second-order valence-electron chi connectivity index (χ2n) is 3.96. The number of carbonyl (C=O) groups excluding carboxylic acids is 2. The molecule has 0 saturated heterocycles. The van der Waals surface area contributed by atoms with Gasteiger partial charge in [0, 0.05) is 13.1 Å². The maximum atomic E-state index is 11.4. The van der Waals surface area contributed by atoms with Crippen LogP contribution < -0.4 is 16.0 Å². The van der Waals surface area contributed by atoms with Crippen molar-refractivity contribution in [1.29, 1.82) is 0 Å². The van der Waals surface area contributed by atoms with Gasteiger partial charge in [-0.3, -0.25) is 9.59 Å². The molecule has 1 atom stereocenters. The lowest BCUT2D eigenvalue weighted by atomic mass is 10.1. The highest BCUT2D eigenvalue weighted by atomic mass is 16.2. The zero-order valence-corrected chi connectivity index (χ0v) is 10.7. The fourth-order valence-electron chi connectivity index (χ4n) is 1.44. The molecule has 3 N–H and O–H groups in total. The molecule has 0 unspecified atom stereocenters. The minimum atomic E-state index is -0.209. The topological polar surface area (TPSA) is 70.2 Å². The highest BCUT2D eigenvalue weighted by molar-refractivity contribution is 5.85. The van der Waals surface area contributed by atoms with E-state index < -0.39 is 0 Å². The molecular weight excluding hydrogens is 230 g/mol. The summed E-state index contributed by atoms with van der Waals surface area (Å²) >= 11 is 0. The van der Waals surface area contributed by atoms with E-state index in [2.05, 4.69) is 16.0 Å². The minimum absolute atomic E-state index is 0.0106.